The maximum absolute atomic E-state index is 13.7. The first-order valence-electron chi connectivity index (χ1n) is 8.80. The third-order valence-electron chi connectivity index (χ3n) is 4.35. The summed E-state index contributed by atoms with van der Waals surface area (Å²) in [6.07, 6.45) is -42.2. The first-order chi connectivity index (χ1) is 16.2. The van der Waals surface area contributed by atoms with Gasteiger partial charge in [-0.3, -0.25) is 0 Å². The molecule has 0 aliphatic carbocycles. The Hall–Kier alpha value is -1.34. The van der Waals surface area contributed by atoms with Gasteiger partial charge in [0.25, 0.3) is 0 Å². The van der Waals surface area contributed by atoms with Crippen LogP contribution in [-0.4, -0.2) is 75.3 Å². The van der Waals surface area contributed by atoms with Crippen molar-refractivity contribution in [3.05, 3.63) is 0 Å². The van der Waals surface area contributed by atoms with Crippen LogP contribution >= 0.6 is 0 Å². The second-order valence-corrected chi connectivity index (χ2v) is 9.91. The molecule has 0 aliphatic heterocycles. The predicted molar refractivity (Wildman–Crippen MR) is 86.1 cm³/mol. The molecule has 7 nitrogen and oxygen atoms in total. The fourth-order valence-electron chi connectivity index (χ4n) is 2.38. The van der Waals surface area contributed by atoms with E-state index >= 15 is 0 Å². The molecule has 0 aromatic rings. The van der Waals surface area contributed by atoms with Crippen molar-refractivity contribution in [1.29, 1.82) is 0 Å². The summed E-state index contributed by atoms with van der Waals surface area (Å²) >= 11 is 0. The van der Waals surface area contributed by atoms with Crippen LogP contribution in [-0.2, 0) is 29.9 Å². The van der Waals surface area contributed by atoms with Gasteiger partial charge in [-0.05, 0) is 19.8 Å². The van der Waals surface area contributed by atoms with Crippen LogP contribution in [0.4, 0.5) is 69.2 Å². The summed E-state index contributed by atoms with van der Waals surface area (Å²) in [5.74, 6) is -4.09. The molecule has 0 amide bonds. The Morgan fingerprint density at radius 3 is 1.26 bits per heavy atom. The molecule has 0 rings (SSSR count). The van der Waals surface area contributed by atoms with E-state index in [2.05, 4.69) is 9.47 Å². The number of rotatable bonds is 13. The van der Waals surface area contributed by atoms with Crippen LogP contribution in [0.3, 0.4) is 0 Å². The van der Waals surface area contributed by atoms with Gasteiger partial charge in [-0.25, -0.2) is 0 Å². The minimum absolute atomic E-state index is 0.263. The quantitative estimate of drug-likeness (QED) is 0.230. The molecular weight excluding hydrogens is 636 g/mol. The van der Waals surface area contributed by atoms with Crippen molar-refractivity contribution < 1.29 is 101 Å². The molecule has 0 heterocycles. The van der Waals surface area contributed by atoms with E-state index in [1.165, 1.54) is 0 Å². The van der Waals surface area contributed by atoms with Crippen LogP contribution in [0.2, 0.25) is 0 Å². The lowest BCUT2D eigenvalue weighted by Crippen LogP contribution is -2.54. The molecule has 0 fully saturated rings. The highest BCUT2D eigenvalue weighted by molar-refractivity contribution is 7.87. The number of aliphatic hydroxyl groups is 1. The highest BCUT2D eigenvalue weighted by Gasteiger charge is 2.71. The fourth-order valence-corrected chi connectivity index (χ4v) is 3.05. The molecule has 0 aliphatic rings. The summed E-state index contributed by atoms with van der Waals surface area (Å²) in [5, 5.41) is -5.06. The van der Waals surface area contributed by atoms with Crippen LogP contribution < -0.4 is 0 Å². The van der Waals surface area contributed by atoms with Gasteiger partial charge in [-0.15, -0.1) is 0 Å². The second-order valence-electron chi connectivity index (χ2n) is 7.13. The van der Waals surface area contributed by atoms with E-state index < -0.39 is 92.6 Å². The molecular formula is C13H12F16O7S2. The van der Waals surface area contributed by atoms with Gasteiger partial charge in [0.1, 0.15) is 0 Å². The molecule has 4 atom stereocenters. The van der Waals surface area contributed by atoms with Gasteiger partial charge in [0, 0.05) is 0 Å². The third-order valence-corrected chi connectivity index (χ3v) is 6.05. The molecule has 0 aromatic carbocycles. The van der Waals surface area contributed by atoms with Crippen LogP contribution in [0.5, 0.6) is 0 Å². The zero-order valence-electron chi connectivity index (χ0n) is 17.5. The standard InChI is InChI=1S/C13H12F16O7S2/c1-4(35-10(20,21)12(24,25)37(28,31)32)6(36-11(22,23)13(26,27)38(29,33)34)3-2-5(8(14,15)16)7(30)9(17,18)19/h4-7,30H,2-3H2,1H3. The maximum Gasteiger partial charge on any atom is 0.464 e. The van der Waals surface area contributed by atoms with Crippen molar-refractivity contribution >= 4 is 20.4 Å². The van der Waals surface area contributed by atoms with E-state index in [-0.39, 0.29) is 6.92 Å². The molecule has 0 saturated carbocycles. The van der Waals surface area contributed by atoms with Crippen molar-refractivity contribution in [2.45, 2.75) is 73.2 Å². The minimum Gasteiger partial charge on any atom is -0.383 e. The largest absolute Gasteiger partial charge is 0.464 e. The third kappa shape index (κ3) is 8.09. The molecule has 1 N–H and O–H groups in total. The monoisotopic (exact) mass is 648 g/mol. The Morgan fingerprint density at radius 2 is 0.974 bits per heavy atom. The topological polar surface area (TPSA) is 107 Å². The Labute approximate surface area is 201 Å². The van der Waals surface area contributed by atoms with Crippen molar-refractivity contribution in [2.24, 2.45) is 5.92 Å². The Bertz CT molecular complexity index is 1020. The molecule has 0 aromatic heterocycles. The number of hydrogen-bond donors (Lipinski definition) is 1. The van der Waals surface area contributed by atoms with Gasteiger partial charge in [0.2, 0.25) is 0 Å². The van der Waals surface area contributed by atoms with Crippen molar-refractivity contribution in [3.63, 3.8) is 0 Å². The number of aliphatic hydroxyl groups excluding tert-OH is 1. The molecule has 25 heteroatoms. The van der Waals surface area contributed by atoms with Crippen molar-refractivity contribution in [1.82, 2.24) is 0 Å². The Kier molecular flexibility index (Phi) is 10.5. The van der Waals surface area contributed by atoms with Crippen LogP contribution in [0.25, 0.3) is 0 Å². The van der Waals surface area contributed by atoms with Gasteiger partial charge in [0.05, 0.1) is 18.1 Å². The van der Waals surface area contributed by atoms with Crippen molar-refractivity contribution in [2.75, 3.05) is 0 Å². The van der Waals surface area contributed by atoms with E-state index in [0.29, 0.717) is 0 Å². The SMILES string of the molecule is CC(OC(F)(F)C(F)(F)S(=O)(=O)F)C(CCC(C(O)C(F)(F)F)C(F)(F)F)OC(F)(F)C(F)(F)S(=O)(=O)F. The summed E-state index contributed by atoms with van der Waals surface area (Å²) in [4.78, 5) is 0. The van der Waals surface area contributed by atoms with Crippen molar-refractivity contribution in [3.8, 4) is 0 Å². The average molecular weight is 648 g/mol. The van der Waals surface area contributed by atoms with Crippen LogP contribution in [0, 0.1) is 5.92 Å². The molecule has 230 valence electrons. The van der Waals surface area contributed by atoms with Gasteiger partial charge in [0.15, 0.2) is 6.10 Å². The van der Waals surface area contributed by atoms with E-state index in [9.17, 15) is 86.1 Å². The summed E-state index contributed by atoms with van der Waals surface area (Å²) < 4.78 is 256. The minimum atomic E-state index is -7.71. The molecule has 0 saturated heterocycles. The number of ether oxygens (including phenoxy) is 2. The second kappa shape index (κ2) is 10.9. The zero-order chi connectivity index (χ0) is 31.1. The lowest BCUT2D eigenvalue weighted by molar-refractivity contribution is -0.375. The van der Waals surface area contributed by atoms with Gasteiger partial charge < -0.3 is 14.6 Å². The van der Waals surface area contributed by atoms with E-state index in [1.54, 1.807) is 0 Å². The van der Waals surface area contributed by atoms with E-state index in [1.807, 2.05) is 0 Å². The number of alkyl halides is 14. The first-order valence-corrected chi connectivity index (χ1v) is 11.6. The molecule has 4 unspecified atom stereocenters. The fraction of sp³-hybridized carbons (Fsp3) is 1.00. The van der Waals surface area contributed by atoms with Gasteiger partial charge in [-0.1, -0.05) is 7.77 Å². The summed E-state index contributed by atoms with van der Waals surface area (Å²) in [6, 6.07) is 0. The van der Waals surface area contributed by atoms with E-state index in [4.69, 9.17) is 5.11 Å². The first kappa shape index (κ1) is 36.7. The predicted octanol–water partition coefficient (Wildman–Crippen LogP) is 4.63. The molecule has 0 radical (unpaired) electrons. The average Bonchev–Trinajstić information content (AvgIpc) is 2.62. The molecule has 38 heavy (non-hydrogen) atoms. The summed E-state index contributed by atoms with van der Waals surface area (Å²) in [5.41, 5.74) is 0. The smallest absolute Gasteiger partial charge is 0.383 e. The van der Waals surface area contributed by atoms with Crippen LogP contribution in [0.15, 0.2) is 0 Å². The number of hydrogen-bond acceptors (Lipinski definition) is 7. The lowest BCUT2D eigenvalue weighted by Gasteiger charge is -2.34. The Balaban J connectivity index is 6.53. The molecule has 0 bridgehead atoms. The zero-order valence-corrected chi connectivity index (χ0v) is 19.1. The summed E-state index contributed by atoms with van der Waals surface area (Å²) in [6.45, 7) is -0.263. The highest BCUT2D eigenvalue weighted by atomic mass is 32.3. The van der Waals surface area contributed by atoms with Gasteiger partial charge in [-0.2, -0.15) is 78.3 Å². The normalized spacial score (nSPS) is 18.7. The van der Waals surface area contributed by atoms with Crippen LogP contribution in [0.1, 0.15) is 19.8 Å². The number of halogens is 16. The lowest BCUT2D eigenvalue weighted by atomic mass is 9.93. The summed E-state index contributed by atoms with van der Waals surface area (Å²) in [7, 11) is -15.3. The Morgan fingerprint density at radius 1 is 0.632 bits per heavy atom. The van der Waals surface area contributed by atoms with E-state index in [0.717, 1.165) is 0 Å². The maximum atomic E-state index is 13.7. The van der Waals surface area contributed by atoms with Gasteiger partial charge >= 0.3 is 55.5 Å². The molecule has 0 spiro atoms. The highest BCUT2D eigenvalue weighted by Crippen LogP contribution is 2.46.